The summed E-state index contributed by atoms with van der Waals surface area (Å²) in [6, 6.07) is 0.776. The second-order valence-corrected chi connectivity index (χ2v) is 5.51. The van der Waals surface area contributed by atoms with Crippen LogP contribution in [-0.2, 0) is 0 Å². The summed E-state index contributed by atoms with van der Waals surface area (Å²) in [4.78, 5) is 2.70. The number of hydrogen-bond donors (Lipinski definition) is 1. The Balaban J connectivity index is 2.16. The van der Waals surface area contributed by atoms with Gasteiger partial charge < -0.3 is 10.2 Å². The lowest BCUT2D eigenvalue weighted by Gasteiger charge is -2.25. The molecule has 0 aliphatic carbocycles. The van der Waals surface area contributed by atoms with E-state index in [4.69, 9.17) is 0 Å². The Morgan fingerprint density at radius 2 is 1.76 bits per heavy atom. The van der Waals surface area contributed by atoms with Gasteiger partial charge in [0.05, 0.1) is 0 Å². The number of hydrogen-bond acceptors (Lipinski definition) is 2. The molecule has 0 radical (unpaired) electrons. The zero-order valence-electron chi connectivity index (χ0n) is 12.0. The van der Waals surface area contributed by atoms with E-state index < -0.39 is 0 Å². The lowest BCUT2D eigenvalue weighted by molar-refractivity contribution is 0.240. The molecule has 0 aromatic carbocycles. The summed E-state index contributed by atoms with van der Waals surface area (Å²) in [6.45, 7) is 9.73. The molecule has 102 valence electrons. The van der Waals surface area contributed by atoms with Gasteiger partial charge in [-0.1, -0.05) is 39.5 Å². The van der Waals surface area contributed by atoms with Gasteiger partial charge in [-0.2, -0.15) is 0 Å². The summed E-state index contributed by atoms with van der Waals surface area (Å²) in [6.07, 6.45) is 11.0. The number of rotatable bonds is 10. The van der Waals surface area contributed by atoms with Crippen LogP contribution < -0.4 is 5.32 Å². The van der Waals surface area contributed by atoms with E-state index in [0.717, 1.165) is 6.04 Å². The summed E-state index contributed by atoms with van der Waals surface area (Å²) in [5, 5.41) is 3.62. The molecule has 1 aliphatic rings. The minimum Gasteiger partial charge on any atom is -0.313 e. The van der Waals surface area contributed by atoms with Gasteiger partial charge in [-0.15, -0.1) is 0 Å². The van der Waals surface area contributed by atoms with Crippen LogP contribution in [0, 0.1) is 0 Å². The maximum Gasteiger partial charge on any atom is 0.0195 e. The van der Waals surface area contributed by atoms with Crippen molar-refractivity contribution in [2.24, 2.45) is 0 Å². The summed E-state index contributed by atoms with van der Waals surface area (Å²) in [7, 11) is 0. The highest BCUT2D eigenvalue weighted by molar-refractivity contribution is 4.77. The molecule has 0 aromatic heterocycles. The van der Waals surface area contributed by atoms with Crippen molar-refractivity contribution in [1.82, 2.24) is 10.2 Å². The van der Waals surface area contributed by atoms with Gasteiger partial charge in [0.15, 0.2) is 0 Å². The second kappa shape index (κ2) is 9.90. The highest BCUT2D eigenvalue weighted by Crippen LogP contribution is 2.09. The van der Waals surface area contributed by atoms with Gasteiger partial charge in [-0.25, -0.2) is 0 Å². The van der Waals surface area contributed by atoms with Crippen LogP contribution in [0.3, 0.4) is 0 Å². The molecule has 1 atom stereocenters. The maximum absolute atomic E-state index is 3.62. The van der Waals surface area contributed by atoms with Crippen molar-refractivity contribution in [3.63, 3.8) is 0 Å². The first-order valence-electron chi connectivity index (χ1n) is 7.82. The third-order valence-electron chi connectivity index (χ3n) is 3.80. The van der Waals surface area contributed by atoms with Crippen molar-refractivity contribution in [2.75, 3.05) is 26.2 Å². The Labute approximate surface area is 108 Å². The van der Waals surface area contributed by atoms with Gasteiger partial charge >= 0.3 is 0 Å². The molecule has 0 amide bonds. The van der Waals surface area contributed by atoms with Crippen LogP contribution in [0.1, 0.15) is 65.2 Å². The van der Waals surface area contributed by atoms with E-state index in [9.17, 15) is 0 Å². The van der Waals surface area contributed by atoms with Gasteiger partial charge in [0.25, 0.3) is 0 Å². The van der Waals surface area contributed by atoms with Crippen LogP contribution >= 0.6 is 0 Å². The third kappa shape index (κ3) is 7.05. The number of nitrogens with one attached hydrogen (secondary N) is 1. The lowest BCUT2D eigenvalue weighted by atomic mass is 10.1. The van der Waals surface area contributed by atoms with Gasteiger partial charge in [0.2, 0.25) is 0 Å². The van der Waals surface area contributed by atoms with Crippen molar-refractivity contribution in [1.29, 1.82) is 0 Å². The molecular formula is C15H32N2. The molecule has 1 saturated heterocycles. The highest BCUT2D eigenvalue weighted by atomic mass is 15.1. The summed E-state index contributed by atoms with van der Waals surface area (Å²) < 4.78 is 0. The van der Waals surface area contributed by atoms with Crippen LogP contribution in [0.25, 0.3) is 0 Å². The molecule has 1 heterocycles. The largest absolute Gasteiger partial charge is 0.313 e. The average molecular weight is 240 g/mol. The van der Waals surface area contributed by atoms with E-state index in [0.29, 0.717) is 0 Å². The number of unbranched alkanes of at least 4 members (excludes halogenated alkanes) is 4. The lowest BCUT2D eigenvalue weighted by Crippen LogP contribution is -2.38. The quantitative estimate of drug-likeness (QED) is 0.589. The van der Waals surface area contributed by atoms with Crippen molar-refractivity contribution >= 4 is 0 Å². The first-order valence-corrected chi connectivity index (χ1v) is 7.82. The Hall–Kier alpha value is -0.0800. The molecule has 2 nitrogen and oxygen atoms in total. The van der Waals surface area contributed by atoms with Crippen LogP contribution in [0.15, 0.2) is 0 Å². The zero-order chi connectivity index (χ0) is 12.3. The van der Waals surface area contributed by atoms with E-state index >= 15 is 0 Å². The molecule has 1 rings (SSSR count). The molecule has 0 aromatic rings. The second-order valence-electron chi connectivity index (χ2n) is 5.51. The van der Waals surface area contributed by atoms with E-state index in [1.165, 1.54) is 77.5 Å². The fourth-order valence-corrected chi connectivity index (χ4v) is 2.66. The predicted octanol–water partition coefficient (Wildman–Crippen LogP) is 3.42. The van der Waals surface area contributed by atoms with Crippen LogP contribution in [-0.4, -0.2) is 37.1 Å². The van der Waals surface area contributed by atoms with Crippen molar-refractivity contribution < 1.29 is 0 Å². The maximum atomic E-state index is 3.62. The topological polar surface area (TPSA) is 15.3 Å². The van der Waals surface area contributed by atoms with Crippen molar-refractivity contribution in [3.8, 4) is 0 Å². The van der Waals surface area contributed by atoms with E-state index in [1.807, 2.05) is 0 Å². The molecule has 17 heavy (non-hydrogen) atoms. The standard InChI is InChI=1S/C15H32N2/c1-3-5-7-8-13-17(12-6-4-2)14-15-10-9-11-16-15/h15-16H,3-14H2,1-2H3. The highest BCUT2D eigenvalue weighted by Gasteiger charge is 2.17. The first kappa shape index (κ1) is 15.0. The molecule has 1 aliphatic heterocycles. The Kier molecular flexibility index (Phi) is 8.72. The number of nitrogens with zero attached hydrogens (tertiary/aromatic N) is 1. The molecule has 0 saturated carbocycles. The summed E-state index contributed by atoms with van der Waals surface area (Å²) in [5.41, 5.74) is 0. The third-order valence-corrected chi connectivity index (χ3v) is 3.80. The van der Waals surface area contributed by atoms with Gasteiger partial charge in [-0.3, -0.25) is 0 Å². The summed E-state index contributed by atoms with van der Waals surface area (Å²) in [5.74, 6) is 0. The normalized spacial score (nSPS) is 20.3. The molecule has 1 fully saturated rings. The van der Waals surface area contributed by atoms with E-state index in [2.05, 4.69) is 24.1 Å². The van der Waals surface area contributed by atoms with Gasteiger partial charge in [-0.05, 0) is 45.3 Å². The molecule has 1 unspecified atom stereocenters. The Bertz CT molecular complexity index is 164. The fraction of sp³-hybridized carbons (Fsp3) is 1.00. The minimum absolute atomic E-state index is 0.776. The molecule has 1 N–H and O–H groups in total. The van der Waals surface area contributed by atoms with E-state index in [1.54, 1.807) is 0 Å². The van der Waals surface area contributed by atoms with Gasteiger partial charge in [0.1, 0.15) is 0 Å². The summed E-state index contributed by atoms with van der Waals surface area (Å²) >= 11 is 0. The monoisotopic (exact) mass is 240 g/mol. The van der Waals surface area contributed by atoms with Crippen LogP contribution in [0.2, 0.25) is 0 Å². The fourth-order valence-electron chi connectivity index (χ4n) is 2.66. The average Bonchev–Trinajstić information content (AvgIpc) is 2.84. The smallest absolute Gasteiger partial charge is 0.0195 e. The predicted molar refractivity (Wildman–Crippen MR) is 76.5 cm³/mol. The molecule has 2 heteroatoms. The molecule has 0 spiro atoms. The van der Waals surface area contributed by atoms with Crippen molar-refractivity contribution in [2.45, 2.75) is 71.3 Å². The van der Waals surface area contributed by atoms with Crippen LogP contribution in [0.5, 0.6) is 0 Å². The SMILES string of the molecule is CCCCCCN(CCCC)CC1CCCN1. The van der Waals surface area contributed by atoms with Crippen LogP contribution in [0.4, 0.5) is 0 Å². The Morgan fingerprint density at radius 1 is 1.00 bits per heavy atom. The zero-order valence-corrected chi connectivity index (χ0v) is 12.0. The minimum atomic E-state index is 0.776. The van der Waals surface area contributed by atoms with E-state index in [-0.39, 0.29) is 0 Å². The van der Waals surface area contributed by atoms with Gasteiger partial charge in [0, 0.05) is 12.6 Å². The molecular weight excluding hydrogens is 208 g/mol. The Morgan fingerprint density at radius 3 is 2.41 bits per heavy atom. The molecule has 0 bridgehead atoms. The van der Waals surface area contributed by atoms with Crippen molar-refractivity contribution in [3.05, 3.63) is 0 Å². The first-order chi connectivity index (χ1) is 8.36.